The minimum atomic E-state index is -0.479. The van der Waals surface area contributed by atoms with Gasteiger partial charge in [0.15, 0.2) is 0 Å². The summed E-state index contributed by atoms with van der Waals surface area (Å²) >= 11 is 0. The monoisotopic (exact) mass is 577 g/mol. The molecule has 0 radical (unpaired) electrons. The number of alkyl carbamates (subject to hydrolysis) is 1. The third-order valence-corrected chi connectivity index (χ3v) is 9.95. The van der Waals surface area contributed by atoms with Crippen molar-refractivity contribution in [1.29, 1.82) is 0 Å². The Balaban J connectivity index is 1.04. The van der Waals surface area contributed by atoms with Gasteiger partial charge in [0.25, 0.3) is 0 Å². The summed E-state index contributed by atoms with van der Waals surface area (Å²) in [6.45, 7) is 15.3. The van der Waals surface area contributed by atoms with Crippen LogP contribution in [0.15, 0.2) is 60.8 Å². The lowest BCUT2D eigenvalue weighted by Gasteiger charge is -2.23. The minimum absolute atomic E-state index is 0.140. The Morgan fingerprint density at radius 3 is 2.46 bits per heavy atom. The maximum absolute atomic E-state index is 12.1. The molecule has 1 unspecified atom stereocenters. The first-order valence-electron chi connectivity index (χ1n) is 15.4. The number of nitrogens with one attached hydrogen (secondary N) is 2. The summed E-state index contributed by atoms with van der Waals surface area (Å²) in [6.07, 6.45) is 6.42. The van der Waals surface area contributed by atoms with E-state index in [0.29, 0.717) is 11.6 Å². The van der Waals surface area contributed by atoms with Crippen LogP contribution in [-0.4, -0.2) is 43.1 Å². The van der Waals surface area contributed by atoms with Gasteiger partial charge < -0.3 is 25.0 Å². The Bertz CT molecular complexity index is 1170. The lowest BCUT2D eigenvalue weighted by Crippen LogP contribution is -2.38. The van der Waals surface area contributed by atoms with E-state index in [4.69, 9.17) is 9.47 Å². The predicted octanol–water partition coefficient (Wildman–Crippen LogP) is 6.92. The van der Waals surface area contributed by atoms with Crippen molar-refractivity contribution in [2.75, 3.05) is 24.6 Å². The van der Waals surface area contributed by atoms with Gasteiger partial charge in [-0.05, 0) is 113 Å². The largest absolute Gasteiger partial charge is 0.493 e. The lowest BCUT2D eigenvalue weighted by atomic mass is 10.0. The van der Waals surface area contributed by atoms with Crippen LogP contribution in [0, 0.1) is 11.8 Å². The Morgan fingerprint density at radius 1 is 1.05 bits per heavy atom. The van der Waals surface area contributed by atoms with Gasteiger partial charge >= 0.3 is 6.09 Å². The molecule has 1 saturated heterocycles. The van der Waals surface area contributed by atoms with E-state index >= 15 is 0 Å². The van der Waals surface area contributed by atoms with Gasteiger partial charge in [0.05, 0.1) is 6.61 Å². The second-order valence-corrected chi connectivity index (χ2v) is 14.9. The highest BCUT2D eigenvalue weighted by atomic mass is 31.1. The molecule has 1 amide bonds. The van der Waals surface area contributed by atoms with Crippen LogP contribution in [0.3, 0.4) is 0 Å². The molecule has 3 fully saturated rings. The highest BCUT2D eigenvalue weighted by Crippen LogP contribution is 2.34. The quantitative estimate of drug-likeness (QED) is 0.284. The fraction of sp³-hybridized carbons (Fsp3) is 0.559. The topological polar surface area (TPSA) is 62.8 Å². The second-order valence-electron chi connectivity index (χ2n) is 13.2. The molecule has 222 valence electrons. The van der Waals surface area contributed by atoms with Gasteiger partial charge in [0.1, 0.15) is 11.4 Å². The fourth-order valence-corrected chi connectivity index (χ4v) is 7.27. The van der Waals surface area contributed by atoms with Gasteiger partial charge in [0.2, 0.25) is 0 Å². The summed E-state index contributed by atoms with van der Waals surface area (Å²) in [5.74, 6) is 2.13. The van der Waals surface area contributed by atoms with Crippen LogP contribution in [-0.2, 0) is 4.74 Å². The zero-order valence-electron chi connectivity index (χ0n) is 25.2. The van der Waals surface area contributed by atoms with Gasteiger partial charge in [-0.3, -0.25) is 0 Å². The third kappa shape index (κ3) is 8.88. The van der Waals surface area contributed by atoms with Gasteiger partial charge in [-0.1, -0.05) is 39.4 Å². The maximum Gasteiger partial charge on any atom is 0.407 e. The lowest BCUT2D eigenvalue weighted by molar-refractivity contribution is 0.0505. The number of amides is 1. The van der Waals surface area contributed by atoms with E-state index in [0.717, 1.165) is 64.9 Å². The van der Waals surface area contributed by atoms with E-state index in [9.17, 15) is 4.79 Å². The Kier molecular flexibility index (Phi) is 9.49. The van der Waals surface area contributed by atoms with Crippen molar-refractivity contribution in [2.24, 2.45) is 11.8 Å². The minimum Gasteiger partial charge on any atom is -0.493 e. The molecule has 5 atom stereocenters. The van der Waals surface area contributed by atoms with Crippen molar-refractivity contribution in [3.05, 3.63) is 66.4 Å². The van der Waals surface area contributed by atoms with Crippen molar-refractivity contribution in [3.8, 4) is 5.75 Å². The molecule has 2 aromatic rings. The summed E-state index contributed by atoms with van der Waals surface area (Å²) in [5, 5.41) is 8.10. The number of hydrogen-bond donors (Lipinski definition) is 2. The first kappa shape index (κ1) is 29.8. The number of hydrogen-bond acceptors (Lipinski definition) is 5. The zero-order chi connectivity index (χ0) is 29.0. The summed E-state index contributed by atoms with van der Waals surface area (Å²) in [6, 6.07) is 18.2. The van der Waals surface area contributed by atoms with Gasteiger partial charge in [-0.2, -0.15) is 0 Å². The third-order valence-electron chi connectivity index (χ3n) is 8.40. The van der Waals surface area contributed by atoms with Crippen LogP contribution in [0.25, 0.3) is 0 Å². The molecule has 41 heavy (non-hydrogen) atoms. The van der Waals surface area contributed by atoms with E-state index in [1.54, 1.807) is 0 Å². The van der Waals surface area contributed by atoms with Gasteiger partial charge in [-0.15, -0.1) is 0 Å². The molecule has 1 heterocycles. The van der Waals surface area contributed by atoms with E-state index in [1.165, 1.54) is 35.8 Å². The van der Waals surface area contributed by atoms with Crippen molar-refractivity contribution >= 4 is 25.7 Å². The molecular formula is C34H48N3O3P. The summed E-state index contributed by atoms with van der Waals surface area (Å²) < 4.78 is 11.3. The van der Waals surface area contributed by atoms with Crippen LogP contribution < -0.4 is 25.6 Å². The summed E-state index contributed by atoms with van der Waals surface area (Å²) in [4.78, 5) is 14.7. The number of carbonyl (C=O) groups excluding carboxylic acids is 1. The molecule has 2 saturated carbocycles. The van der Waals surface area contributed by atoms with E-state index < -0.39 is 5.60 Å². The van der Waals surface area contributed by atoms with Crippen LogP contribution in [0.2, 0.25) is 0 Å². The molecule has 0 spiro atoms. The van der Waals surface area contributed by atoms with Crippen LogP contribution in [0.1, 0.15) is 77.8 Å². The van der Waals surface area contributed by atoms with E-state index in [-0.39, 0.29) is 18.2 Å². The number of ether oxygens (including phenoxy) is 2. The average Bonchev–Trinajstić information content (AvgIpc) is 3.44. The first-order chi connectivity index (χ1) is 19.6. The smallest absolute Gasteiger partial charge is 0.407 e. The SMILES string of the molecule is C=C(N[C@@H](C)c1ccc(P[C@@H]2CCN(c3ccc(OCC4CC4)cc3)C2)cc1)[C@H]1CC[C@@H](NC(=O)OC(C)(C)C)C1. The van der Waals surface area contributed by atoms with Gasteiger partial charge in [-0.25, -0.2) is 4.79 Å². The number of carbonyl (C=O) groups is 1. The molecule has 7 heteroatoms. The van der Waals surface area contributed by atoms with E-state index in [2.05, 4.69) is 77.6 Å². The molecule has 1 aliphatic heterocycles. The van der Waals surface area contributed by atoms with Crippen molar-refractivity contribution in [3.63, 3.8) is 0 Å². The molecule has 0 bridgehead atoms. The Morgan fingerprint density at radius 2 is 1.78 bits per heavy atom. The number of benzene rings is 2. The maximum atomic E-state index is 12.1. The van der Waals surface area contributed by atoms with Crippen LogP contribution in [0.4, 0.5) is 10.5 Å². The van der Waals surface area contributed by atoms with Crippen molar-refractivity contribution in [1.82, 2.24) is 10.6 Å². The molecule has 2 aliphatic carbocycles. The molecule has 2 N–H and O–H groups in total. The van der Waals surface area contributed by atoms with Gasteiger partial charge in [0, 0.05) is 42.5 Å². The molecule has 6 nitrogen and oxygen atoms in total. The molecule has 5 rings (SSSR count). The average molecular weight is 578 g/mol. The number of rotatable bonds is 11. The fourth-order valence-electron chi connectivity index (χ4n) is 5.85. The molecule has 3 aliphatic rings. The standard InChI is InChI=1S/C34H48N3O3P/c1-23(35-24(2)27-8-11-28(20-27)36-33(38)40-34(3,4)5)26-9-16-31(17-10-26)41-32-18-19-37(21-32)29-12-14-30(15-13-29)39-22-25-6-7-25/h9-10,12-17,23,25,27-28,32,35,41H,2,6-8,11,18-22H2,1,3-5H3,(H,36,38)/t23-,27-,28+,32+/m0/s1. The Labute approximate surface area is 248 Å². The normalized spacial score (nSPS) is 23.5. The summed E-state index contributed by atoms with van der Waals surface area (Å²) in [7, 11) is 0.822. The Hall–Kier alpha value is -2.72. The molecule has 2 aromatic carbocycles. The van der Waals surface area contributed by atoms with Crippen molar-refractivity contribution in [2.45, 2.75) is 89.6 Å². The number of nitrogens with zero attached hydrogens (tertiary/aromatic N) is 1. The second kappa shape index (κ2) is 13.1. The number of anilines is 1. The van der Waals surface area contributed by atoms with Crippen LogP contribution in [0.5, 0.6) is 5.75 Å². The van der Waals surface area contributed by atoms with Crippen molar-refractivity contribution < 1.29 is 14.3 Å². The highest BCUT2D eigenvalue weighted by Gasteiger charge is 2.30. The zero-order valence-corrected chi connectivity index (χ0v) is 26.2. The molecular weight excluding hydrogens is 529 g/mol. The highest BCUT2D eigenvalue weighted by molar-refractivity contribution is 7.48. The van der Waals surface area contributed by atoms with E-state index in [1.807, 2.05) is 20.8 Å². The molecule has 0 aromatic heterocycles. The number of allylic oxidation sites excluding steroid dienone is 1. The predicted molar refractivity (Wildman–Crippen MR) is 171 cm³/mol. The van der Waals surface area contributed by atoms with Crippen LogP contribution >= 0.6 is 8.58 Å². The first-order valence-corrected chi connectivity index (χ1v) is 16.5. The summed E-state index contributed by atoms with van der Waals surface area (Å²) in [5.41, 5.74) is 3.86.